The van der Waals surface area contributed by atoms with Crippen LogP contribution in [0.1, 0.15) is 12.5 Å². The van der Waals surface area contributed by atoms with Crippen molar-refractivity contribution in [3.05, 3.63) is 35.9 Å². The third-order valence-electron chi connectivity index (χ3n) is 2.34. The second kappa shape index (κ2) is 6.44. The maximum absolute atomic E-state index is 13.4. The van der Waals surface area contributed by atoms with Crippen LogP contribution in [0.2, 0.25) is 0 Å². The van der Waals surface area contributed by atoms with E-state index >= 15 is 0 Å². The Kier molecular flexibility index (Phi) is 5.22. The van der Waals surface area contributed by atoms with Crippen LogP contribution in [-0.2, 0) is 16.1 Å². The second-order valence-electron chi connectivity index (χ2n) is 4.08. The summed E-state index contributed by atoms with van der Waals surface area (Å²) in [7, 11) is 1.54. The lowest BCUT2D eigenvalue weighted by atomic mass is 10.2. The summed E-state index contributed by atoms with van der Waals surface area (Å²) < 4.78 is 31.2. The van der Waals surface area contributed by atoms with Crippen molar-refractivity contribution in [1.29, 1.82) is 0 Å². The van der Waals surface area contributed by atoms with Crippen molar-refractivity contribution in [2.45, 2.75) is 19.4 Å². The summed E-state index contributed by atoms with van der Waals surface area (Å²) in [4.78, 5) is 12.4. The quantitative estimate of drug-likeness (QED) is 0.732. The number of halogens is 2. The van der Waals surface area contributed by atoms with E-state index in [9.17, 15) is 13.6 Å². The molecule has 0 N–H and O–H groups in total. The predicted octanol–water partition coefficient (Wildman–Crippen LogP) is 2.32. The van der Waals surface area contributed by atoms with Gasteiger partial charge in [-0.25, -0.2) is 4.79 Å². The maximum Gasteiger partial charge on any atom is 0.378 e. The van der Waals surface area contributed by atoms with E-state index in [1.165, 1.54) is 11.8 Å². The molecule has 0 aliphatic heterocycles. The molecule has 0 bridgehead atoms. The van der Waals surface area contributed by atoms with E-state index < -0.39 is 18.4 Å². The Morgan fingerprint density at radius 2 is 1.94 bits per heavy atom. The van der Waals surface area contributed by atoms with Crippen molar-refractivity contribution in [2.24, 2.45) is 0 Å². The van der Waals surface area contributed by atoms with Gasteiger partial charge in [0.05, 0.1) is 13.2 Å². The van der Waals surface area contributed by atoms with Crippen molar-refractivity contribution in [2.75, 3.05) is 20.2 Å². The van der Waals surface area contributed by atoms with Crippen molar-refractivity contribution < 1.29 is 18.3 Å². The summed E-state index contributed by atoms with van der Waals surface area (Å²) in [6.07, 6.45) is 0. The predicted molar refractivity (Wildman–Crippen MR) is 64.4 cm³/mol. The molecule has 5 heteroatoms. The van der Waals surface area contributed by atoms with E-state index in [4.69, 9.17) is 0 Å². The molecule has 0 aliphatic rings. The largest absolute Gasteiger partial charge is 0.462 e. The Bertz CT molecular complexity index is 382. The van der Waals surface area contributed by atoms with Crippen LogP contribution in [0.25, 0.3) is 0 Å². The van der Waals surface area contributed by atoms with Crippen LogP contribution in [0.15, 0.2) is 30.3 Å². The molecule has 1 aromatic rings. The number of benzene rings is 1. The molecule has 18 heavy (non-hydrogen) atoms. The minimum absolute atomic E-state index is 0.0448. The first-order chi connectivity index (χ1) is 8.45. The second-order valence-corrected chi connectivity index (χ2v) is 4.08. The van der Waals surface area contributed by atoms with Gasteiger partial charge in [0.25, 0.3) is 0 Å². The van der Waals surface area contributed by atoms with Gasteiger partial charge in [-0.1, -0.05) is 30.3 Å². The van der Waals surface area contributed by atoms with Crippen molar-refractivity contribution >= 4 is 5.97 Å². The van der Waals surface area contributed by atoms with Crippen molar-refractivity contribution in [3.63, 3.8) is 0 Å². The van der Waals surface area contributed by atoms with E-state index in [0.29, 0.717) is 6.54 Å². The lowest BCUT2D eigenvalue weighted by Crippen LogP contribution is -2.41. The first-order valence-corrected chi connectivity index (χ1v) is 5.73. The number of carbonyl (C=O) groups is 1. The zero-order valence-electron chi connectivity index (χ0n) is 10.5. The van der Waals surface area contributed by atoms with E-state index in [1.54, 1.807) is 7.05 Å². The molecule has 0 aliphatic carbocycles. The third kappa shape index (κ3) is 4.41. The summed E-state index contributed by atoms with van der Waals surface area (Å²) in [5.41, 5.74) is 0.916. The van der Waals surface area contributed by atoms with Crippen molar-refractivity contribution in [3.8, 4) is 0 Å². The number of rotatable bonds is 6. The van der Waals surface area contributed by atoms with Gasteiger partial charge in [0.2, 0.25) is 0 Å². The average Bonchev–Trinajstić information content (AvgIpc) is 2.29. The monoisotopic (exact) mass is 257 g/mol. The van der Waals surface area contributed by atoms with Crippen LogP contribution >= 0.6 is 0 Å². The minimum atomic E-state index is -3.47. The van der Waals surface area contributed by atoms with Gasteiger partial charge in [0, 0.05) is 6.54 Å². The van der Waals surface area contributed by atoms with Crippen LogP contribution in [0.4, 0.5) is 8.78 Å². The highest BCUT2D eigenvalue weighted by molar-refractivity contribution is 5.77. The molecule has 0 amide bonds. The Labute approximate surface area is 105 Å². The molecule has 0 unspecified atom stereocenters. The fraction of sp³-hybridized carbons (Fsp3) is 0.462. The SMILES string of the molecule is CCOC(=O)C(F)(F)CN(C)Cc1ccccc1. The van der Waals surface area contributed by atoms with E-state index in [2.05, 4.69) is 4.74 Å². The molecule has 0 spiro atoms. The summed E-state index contributed by atoms with van der Waals surface area (Å²) in [6.45, 7) is 1.16. The van der Waals surface area contributed by atoms with Crippen LogP contribution < -0.4 is 0 Å². The van der Waals surface area contributed by atoms with E-state index in [-0.39, 0.29) is 6.61 Å². The number of carbonyl (C=O) groups excluding carboxylic acids is 1. The van der Waals surface area contributed by atoms with Crippen molar-refractivity contribution in [1.82, 2.24) is 4.90 Å². The van der Waals surface area contributed by atoms with E-state index in [0.717, 1.165) is 5.56 Å². The third-order valence-corrected chi connectivity index (χ3v) is 2.34. The Morgan fingerprint density at radius 3 is 2.50 bits per heavy atom. The molecule has 1 aromatic carbocycles. The maximum atomic E-state index is 13.4. The number of alkyl halides is 2. The summed E-state index contributed by atoms with van der Waals surface area (Å²) in [5, 5.41) is 0. The fourth-order valence-corrected chi connectivity index (χ4v) is 1.59. The van der Waals surface area contributed by atoms with Gasteiger partial charge in [-0.05, 0) is 19.5 Å². The zero-order valence-corrected chi connectivity index (χ0v) is 10.5. The molecule has 3 nitrogen and oxygen atoms in total. The average molecular weight is 257 g/mol. The van der Waals surface area contributed by atoms with Crippen LogP contribution in [0.5, 0.6) is 0 Å². The molecule has 0 fully saturated rings. The first kappa shape index (κ1) is 14.6. The summed E-state index contributed by atoms with van der Waals surface area (Å²) in [5.74, 6) is -4.94. The lowest BCUT2D eigenvalue weighted by Gasteiger charge is -2.22. The molecule has 0 saturated heterocycles. The lowest BCUT2D eigenvalue weighted by molar-refractivity contribution is -0.173. The number of nitrogens with zero attached hydrogens (tertiary/aromatic N) is 1. The van der Waals surface area contributed by atoms with Crippen LogP contribution in [-0.4, -0.2) is 37.0 Å². The molecular weight excluding hydrogens is 240 g/mol. The summed E-state index contributed by atoms with van der Waals surface area (Å²) in [6, 6.07) is 9.23. The molecule has 0 radical (unpaired) electrons. The van der Waals surface area contributed by atoms with Gasteiger partial charge in [-0.2, -0.15) is 8.78 Å². The van der Waals surface area contributed by atoms with Crippen LogP contribution in [0, 0.1) is 0 Å². The highest BCUT2D eigenvalue weighted by Crippen LogP contribution is 2.18. The molecule has 1 rings (SSSR count). The van der Waals surface area contributed by atoms with Crippen LogP contribution in [0.3, 0.4) is 0 Å². The zero-order chi connectivity index (χ0) is 13.6. The number of ether oxygens (including phenoxy) is 1. The molecular formula is C13H17F2NO2. The van der Waals surface area contributed by atoms with Gasteiger partial charge >= 0.3 is 11.9 Å². The molecule has 0 aromatic heterocycles. The van der Waals surface area contributed by atoms with Gasteiger partial charge < -0.3 is 4.74 Å². The van der Waals surface area contributed by atoms with Gasteiger partial charge in [0.15, 0.2) is 0 Å². The number of esters is 1. The Morgan fingerprint density at radius 1 is 1.33 bits per heavy atom. The standard InChI is InChI=1S/C13H17F2NO2/c1-3-18-12(17)13(14,15)10-16(2)9-11-7-5-4-6-8-11/h4-8H,3,9-10H2,1-2H3. The van der Waals surface area contributed by atoms with E-state index in [1.807, 2.05) is 30.3 Å². The minimum Gasteiger partial charge on any atom is -0.462 e. The topological polar surface area (TPSA) is 29.5 Å². The highest BCUT2D eigenvalue weighted by atomic mass is 19.3. The number of hydrogen-bond acceptors (Lipinski definition) is 3. The highest BCUT2D eigenvalue weighted by Gasteiger charge is 2.41. The Balaban J connectivity index is 2.53. The molecule has 0 atom stereocenters. The normalized spacial score (nSPS) is 11.6. The van der Waals surface area contributed by atoms with Gasteiger partial charge in [-0.3, -0.25) is 4.90 Å². The summed E-state index contributed by atoms with van der Waals surface area (Å²) >= 11 is 0. The molecule has 100 valence electrons. The Hall–Kier alpha value is -1.49. The smallest absolute Gasteiger partial charge is 0.378 e. The fourth-order valence-electron chi connectivity index (χ4n) is 1.59. The first-order valence-electron chi connectivity index (χ1n) is 5.73. The van der Waals surface area contributed by atoms with Gasteiger partial charge in [-0.15, -0.1) is 0 Å². The molecule has 0 heterocycles. The molecule has 0 saturated carbocycles. The number of hydrogen-bond donors (Lipinski definition) is 0. The van der Waals surface area contributed by atoms with Gasteiger partial charge in [0.1, 0.15) is 0 Å².